The first-order valence-corrected chi connectivity index (χ1v) is 8.16. The molecular weight excluding hydrogens is 262 g/mol. The van der Waals surface area contributed by atoms with E-state index < -0.39 is 0 Å². The molecule has 0 bridgehead atoms. The molecule has 2 rings (SSSR count). The lowest BCUT2D eigenvalue weighted by molar-refractivity contribution is 0.0980. The molecule has 2 atom stereocenters. The summed E-state index contributed by atoms with van der Waals surface area (Å²) in [4.78, 5) is 0. The summed E-state index contributed by atoms with van der Waals surface area (Å²) in [5, 5.41) is 0. The average molecular weight is 291 g/mol. The van der Waals surface area contributed by atoms with Crippen molar-refractivity contribution in [3.8, 4) is 5.75 Å². The third-order valence-electron chi connectivity index (χ3n) is 4.02. The standard InChI is InChI=1S/C18H29NO2/c1-13-10-16(12-15(3)19)11-14(2)18(13)21-9-5-7-17-6-4-8-20-17/h10-11,15,17H,4-9,12,19H2,1-3H3. The third-order valence-corrected chi connectivity index (χ3v) is 4.02. The van der Waals surface area contributed by atoms with Crippen molar-refractivity contribution < 1.29 is 9.47 Å². The minimum Gasteiger partial charge on any atom is -0.493 e. The van der Waals surface area contributed by atoms with Crippen LogP contribution in [0.5, 0.6) is 5.75 Å². The van der Waals surface area contributed by atoms with Gasteiger partial charge in [-0.1, -0.05) is 12.1 Å². The lowest BCUT2D eigenvalue weighted by Crippen LogP contribution is -2.18. The number of benzene rings is 1. The first-order valence-electron chi connectivity index (χ1n) is 8.16. The van der Waals surface area contributed by atoms with Crippen LogP contribution >= 0.6 is 0 Å². The highest BCUT2D eigenvalue weighted by molar-refractivity contribution is 5.43. The van der Waals surface area contributed by atoms with Crippen molar-refractivity contribution >= 4 is 0 Å². The molecule has 0 aromatic heterocycles. The molecule has 0 saturated carbocycles. The summed E-state index contributed by atoms with van der Waals surface area (Å²) < 4.78 is 11.6. The predicted octanol–water partition coefficient (Wildman–Crippen LogP) is 3.53. The molecule has 1 heterocycles. The zero-order valence-electron chi connectivity index (χ0n) is 13.7. The smallest absolute Gasteiger partial charge is 0.125 e. The number of ether oxygens (including phenoxy) is 2. The fraction of sp³-hybridized carbons (Fsp3) is 0.667. The van der Waals surface area contributed by atoms with E-state index in [0.29, 0.717) is 6.10 Å². The van der Waals surface area contributed by atoms with Gasteiger partial charge in [0.05, 0.1) is 12.7 Å². The van der Waals surface area contributed by atoms with E-state index >= 15 is 0 Å². The molecule has 2 unspecified atom stereocenters. The van der Waals surface area contributed by atoms with E-state index in [4.69, 9.17) is 15.2 Å². The van der Waals surface area contributed by atoms with Crippen molar-refractivity contribution in [2.45, 2.75) is 65.0 Å². The van der Waals surface area contributed by atoms with Crippen molar-refractivity contribution in [2.75, 3.05) is 13.2 Å². The molecule has 0 aliphatic carbocycles. The van der Waals surface area contributed by atoms with Gasteiger partial charge in [-0.25, -0.2) is 0 Å². The minimum atomic E-state index is 0.196. The van der Waals surface area contributed by atoms with Gasteiger partial charge >= 0.3 is 0 Å². The Morgan fingerprint density at radius 2 is 2.05 bits per heavy atom. The topological polar surface area (TPSA) is 44.5 Å². The molecule has 3 nitrogen and oxygen atoms in total. The molecule has 0 amide bonds. The summed E-state index contributed by atoms with van der Waals surface area (Å²) >= 11 is 0. The van der Waals surface area contributed by atoms with Crippen molar-refractivity contribution in [1.82, 2.24) is 0 Å². The molecular formula is C18H29NO2. The van der Waals surface area contributed by atoms with Crippen LogP contribution in [-0.2, 0) is 11.2 Å². The molecule has 3 heteroatoms. The molecule has 21 heavy (non-hydrogen) atoms. The van der Waals surface area contributed by atoms with Gasteiger partial charge in [0.2, 0.25) is 0 Å². The van der Waals surface area contributed by atoms with E-state index in [-0.39, 0.29) is 6.04 Å². The van der Waals surface area contributed by atoms with E-state index in [2.05, 4.69) is 26.0 Å². The van der Waals surface area contributed by atoms with Crippen LogP contribution in [0.25, 0.3) is 0 Å². The van der Waals surface area contributed by atoms with Gasteiger partial charge in [0.25, 0.3) is 0 Å². The Morgan fingerprint density at radius 1 is 1.33 bits per heavy atom. The normalized spacial score (nSPS) is 19.7. The first-order chi connectivity index (χ1) is 10.1. The molecule has 118 valence electrons. The van der Waals surface area contributed by atoms with Crippen LogP contribution < -0.4 is 10.5 Å². The minimum absolute atomic E-state index is 0.196. The van der Waals surface area contributed by atoms with Gasteiger partial charge in [-0.15, -0.1) is 0 Å². The lowest BCUT2D eigenvalue weighted by atomic mass is 10.0. The number of rotatable bonds is 7. The second-order valence-corrected chi connectivity index (χ2v) is 6.37. The molecule has 2 N–H and O–H groups in total. The maximum absolute atomic E-state index is 6.00. The Balaban J connectivity index is 1.84. The van der Waals surface area contributed by atoms with E-state index in [0.717, 1.165) is 38.2 Å². The van der Waals surface area contributed by atoms with Crippen LogP contribution in [0.4, 0.5) is 0 Å². The Morgan fingerprint density at radius 3 is 2.62 bits per heavy atom. The fourth-order valence-electron chi connectivity index (χ4n) is 3.11. The Bertz CT molecular complexity index is 428. The zero-order valence-corrected chi connectivity index (χ0v) is 13.7. The number of hydrogen-bond acceptors (Lipinski definition) is 3. The molecule has 1 saturated heterocycles. The Labute approximate surface area is 128 Å². The van der Waals surface area contributed by atoms with Crippen LogP contribution in [0.2, 0.25) is 0 Å². The summed E-state index contributed by atoms with van der Waals surface area (Å²) in [6, 6.07) is 4.60. The summed E-state index contributed by atoms with van der Waals surface area (Å²) in [5.41, 5.74) is 9.60. The first kappa shape index (κ1) is 16.3. The Hall–Kier alpha value is -1.06. The van der Waals surface area contributed by atoms with E-state index in [9.17, 15) is 0 Å². The van der Waals surface area contributed by atoms with E-state index in [1.807, 2.05) is 6.92 Å². The van der Waals surface area contributed by atoms with Gasteiger partial charge in [-0.05, 0) is 69.6 Å². The molecule has 1 aliphatic heterocycles. The molecule has 0 spiro atoms. The van der Waals surface area contributed by atoms with Gasteiger partial charge in [0.15, 0.2) is 0 Å². The summed E-state index contributed by atoms with van der Waals surface area (Å²) in [7, 11) is 0. The van der Waals surface area contributed by atoms with Crippen molar-refractivity contribution in [1.29, 1.82) is 0 Å². The van der Waals surface area contributed by atoms with Crippen molar-refractivity contribution in [3.05, 3.63) is 28.8 Å². The summed E-state index contributed by atoms with van der Waals surface area (Å²) in [6.45, 7) is 7.99. The fourth-order valence-corrected chi connectivity index (χ4v) is 3.11. The second kappa shape index (κ2) is 7.81. The van der Waals surface area contributed by atoms with Crippen LogP contribution in [0.3, 0.4) is 0 Å². The van der Waals surface area contributed by atoms with Crippen molar-refractivity contribution in [2.24, 2.45) is 5.73 Å². The lowest BCUT2D eigenvalue weighted by Gasteiger charge is -2.16. The number of aryl methyl sites for hydroxylation is 2. The molecule has 1 aliphatic rings. The maximum atomic E-state index is 6.00. The maximum Gasteiger partial charge on any atom is 0.125 e. The third kappa shape index (κ3) is 5.01. The van der Waals surface area contributed by atoms with Gasteiger partial charge in [0, 0.05) is 12.6 Å². The largest absolute Gasteiger partial charge is 0.493 e. The van der Waals surface area contributed by atoms with Gasteiger partial charge in [-0.3, -0.25) is 0 Å². The summed E-state index contributed by atoms with van der Waals surface area (Å²) in [6.07, 6.45) is 5.98. The molecule has 1 fully saturated rings. The summed E-state index contributed by atoms with van der Waals surface area (Å²) in [5.74, 6) is 1.04. The Kier molecular flexibility index (Phi) is 6.07. The molecule has 1 aromatic carbocycles. The van der Waals surface area contributed by atoms with Gasteiger partial charge < -0.3 is 15.2 Å². The predicted molar refractivity (Wildman–Crippen MR) is 87.0 cm³/mol. The highest BCUT2D eigenvalue weighted by atomic mass is 16.5. The van der Waals surface area contributed by atoms with E-state index in [1.54, 1.807) is 0 Å². The highest BCUT2D eigenvalue weighted by Crippen LogP contribution is 2.26. The zero-order chi connectivity index (χ0) is 15.2. The second-order valence-electron chi connectivity index (χ2n) is 6.37. The van der Waals surface area contributed by atoms with Crippen LogP contribution in [0, 0.1) is 13.8 Å². The highest BCUT2D eigenvalue weighted by Gasteiger charge is 2.15. The van der Waals surface area contributed by atoms with Crippen LogP contribution in [0.1, 0.15) is 49.3 Å². The number of nitrogens with two attached hydrogens (primary N) is 1. The van der Waals surface area contributed by atoms with Crippen LogP contribution in [-0.4, -0.2) is 25.4 Å². The van der Waals surface area contributed by atoms with Crippen LogP contribution in [0.15, 0.2) is 12.1 Å². The molecule has 0 radical (unpaired) electrons. The SMILES string of the molecule is Cc1cc(CC(C)N)cc(C)c1OCCCC1CCCO1. The quantitative estimate of drug-likeness (QED) is 0.782. The van der Waals surface area contributed by atoms with Gasteiger partial charge in [0.1, 0.15) is 5.75 Å². The van der Waals surface area contributed by atoms with Crippen molar-refractivity contribution in [3.63, 3.8) is 0 Å². The monoisotopic (exact) mass is 291 g/mol. The van der Waals surface area contributed by atoms with Gasteiger partial charge in [-0.2, -0.15) is 0 Å². The molecule has 1 aromatic rings. The number of hydrogen-bond donors (Lipinski definition) is 1. The van der Waals surface area contributed by atoms with E-state index in [1.165, 1.54) is 29.5 Å². The average Bonchev–Trinajstić information content (AvgIpc) is 2.89.